The molecular weight excluding hydrogens is 543 g/mol. The molecule has 2 N–H and O–H groups in total. The normalized spacial score (nSPS) is 10.1. The molecule has 4 heterocycles. The van der Waals surface area contributed by atoms with E-state index in [1.807, 2.05) is 6.92 Å². The highest BCUT2D eigenvalue weighted by atomic mass is 35.5. The fourth-order valence-electron chi connectivity index (χ4n) is 3.70. The molecule has 0 spiro atoms. The van der Waals surface area contributed by atoms with Gasteiger partial charge in [-0.25, -0.2) is 9.97 Å². The number of carbonyl (C=O) groups is 2. The topological polar surface area (TPSA) is 155 Å². The molecule has 0 amide bonds. The zero-order valence-electron chi connectivity index (χ0n) is 20.8. The zero-order chi connectivity index (χ0) is 28.1. The third kappa shape index (κ3) is 6.98. The summed E-state index contributed by atoms with van der Waals surface area (Å²) in [5.41, 5.74) is 9.17. The zero-order valence-corrected chi connectivity index (χ0v) is 22.3. The SMILES string of the molecule is C.Cc1ccnc(C)c1C(=O)c1ncc(Cl)cc1N.Cc1ccnc(C)c1C(=O)c1ncc(Cl)cc1[N+](=O)[O-]. The van der Waals surface area contributed by atoms with Crippen molar-refractivity contribution in [2.24, 2.45) is 0 Å². The maximum atomic E-state index is 12.5. The van der Waals surface area contributed by atoms with Gasteiger partial charge in [-0.2, -0.15) is 0 Å². The molecule has 4 aromatic rings. The summed E-state index contributed by atoms with van der Waals surface area (Å²) in [4.78, 5) is 51.2. The van der Waals surface area contributed by atoms with Crippen molar-refractivity contribution in [3.63, 3.8) is 0 Å². The van der Waals surface area contributed by atoms with Gasteiger partial charge in [-0.1, -0.05) is 30.6 Å². The summed E-state index contributed by atoms with van der Waals surface area (Å²) >= 11 is 11.4. The second-order valence-electron chi connectivity index (χ2n) is 8.20. The summed E-state index contributed by atoms with van der Waals surface area (Å²) in [6.07, 6.45) is 5.86. The van der Waals surface area contributed by atoms with E-state index in [0.29, 0.717) is 33.1 Å². The summed E-state index contributed by atoms with van der Waals surface area (Å²) < 4.78 is 0. The van der Waals surface area contributed by atoms with Crippen LogP contribution in [-0.2, 0) is 0 Å². The van der Waals surface area contributed by atoms with E-state index in [0.717, 1.165) is 11.6 Å². The first-order valence-corrected chi connectivity index (χ1v) is 11.8. The number of halogens is 2. The molecule has 202 valence electrons. The van der Waals surface area contributed by atoms with Crippen LogP contribution in [0.15, 0.2) is 49.1 Å². The first-order valence-electron chi connectivity index (χ1n) is 11.1. The lowest BCUT2D eigenvalue weighted by Crippen LogP contribution is -2.12. The van der Waals surface area contributed by atoms with Gasteiger partial charge in [0.1, 0.15) is 5.69 Å². The number of anilines is 1. The van der Waals surface area contributed by atoms with Gasteiger partial charge in [-0.05, 0) is 57.0 Å². The van der Waals surface area contributed by atoms with Crippen molar-refractivity contribution in [3.05, 3.63) is 114 Å². The number of aryl methyl sites for hydroxylation is 4. The van der Waals surface area contributed by atoms with Crippen LogP contribution in [0.2, 0.25) is 10.0 Å². The monoisotopic (exact) mass is 568 g/mol. The molecule has 0 saturated carbocycles. The second kappa shape index (κ2) is 13.0. The van der Waals surface area contributed by atoms with E-state index in [1.54, 1.807) is 45.3 Å². The van der Waals surface area contributed by atoms with Crippen molar-refractivity contribution in [3.8, 4) is 0 Å². The van der Waals surface area contributed by atoms with Gasteiger partial charge in [0.05, 0.1) is 20.7 Å². The third-order valence-corrected chi connectivity index (χ3v) is 5.91. The van der Waals surface area contributed by atoms with Crippen LogP contribution in [-0.4, -0.2) is 36.4 Å². The minimum Gasteiger partial charge on any atom is -0.397 e. The van der Waals surface area contributed by atoms with E-state index in [9.17, 15) is 19.7 Å². The highest BCUT2D eigenvalue weighted by Gasteiger charge is 2.26. The Balaban J connectivity index is 0.000000268. The summed E-state index contributed by atoms with van der Waals surface area (Å²) in [5.74, 6) is -0.760. The first-order chi connectivity index (χ1) is 17.9. The number of rotatable bonds is 5. The van der Waals surface area contributed by atoms with Gasteiger partial charge >= 0.3 is 0 Å². The van der Waals surface area contributed by atoms with Crippen LogP contribution in [0.5, 0.6) is 0 Å². The van der Waals surface area contributed by atoms with Crippen LogP contribution in [0.1, 0.15) is 62.0 Å². The molecule has 0 aliphatic carbocycles. The molecule has 0 fully saturated rings. The largest absolute Gasteiger partial charge is 0.397 e. The van der Waals surface area contributed by atoms with Gasteiger partial charge in [0.15, 0.2) is 5.69 Å². The fourth-order valence-corrected chi connectivity index (χ4v) is 4.02. The van der Waals surface area contributed by atoms with Crippen molar-refractivity contribution in [1.29, 1.82) is 0 Å². The highest BCUT2D eigenvalue weighted by molar-refractivity contribution is 6.31. The van der Waals surface area contributed by atoms with Crippen LogP contribution >= 0.6 is 23.2 Å². The summed E-state index contributed by atoms with van der Waals surface area (Å²) in [5, 5.41) is 11.5. The number of hydrogen-bond acceptors (Lipinski definition) is 9. The Morgan fingerprint density at radius 3 is 1.67 bits per heavy atom. The maximum Gasteiger partial charge on any atom is 0.300 e. The molecule has 0 unspecified atom stereocenters. The number of nitrogens with two attached hydrogens (primary N) is 1. The van der Waals surface area contributed by atoms with Crippen LogP contribution < -0.4 is 5.73 Å². The number of nitrogen functional groups attached to an aromatic ring is 1. The third-order valence-electron chi connectivity index (χ3n) is 5.50. The van der Waals surface area contributed by atoms with Crippen molar-refractivity contribution >= 4 is 46.1 Å². The Hall–Kier alpha value is -4.28. The van der Waals surface area contributed by atoms with Crippen molar-refractivity contribution in [1.82, 2.24) is 19.9 Å². The van der Waals surface area contributed by atoms with Crippen molar-refractivity contribution < 1.29 is 14.5 Å². The lowest BCUT2D eigenvalue weighted by atomic mass is 10.0. The molecule has 12 heteroatoms. The van der Waals surface area contributed by atoms with Gasteiger partial charge in [-0.15, -0.1) is 0 Å². The standard InChI is InChI=1S/C13H10ClN3O3.C13H12ClN3O.CH4/c1-7-3-4-15-8(2)11(7)13(18)12-10(17(19)20)5-9(14)6-16-12;1-7-3-4-16-8(2)11(7)13(18)12-10(15)5-9(14)6-17-12;/h3-6H,1-2H3;3-6H,15H2,1-2H3;1H4. The predicted octanol–water partition coefficient (Wildman–Crippen LogP) is 6.08. The quantitative estimate of drug-likeness (QED) is 0.171. The maximum absolute atomic E-state index is 12.5. The summed E-state index contributed by atoms with van der Waals surface area (Å²) in [7, 11) is 0. The number of aromatic nitrogens is 4. The second-order valence-corrected chi connectivity index (χ2v) is 9.08. The smallest absolute Gasteiger partial charge is 0.300 e. The molecular formula is C27H26Cl2N6O4. The lowest BCUT2D eigenvalue weighted by molar-refractivity contribution is -0.385. The van der Waals surface area contributed by atoms with Crippen molar-refractivity contribution in [2.75, 3.05) is 5.73 Å². The van der Waals surface area contributed by atoms with E-state index >= 15 is 0 Å². The van der Waals surface area contributed by atoms with Crippen LogP contribution in [0.4, 0.5) is 11.4 Å². The van der Waals surface area contributed by atoms with Gasteiger partial charge in [-0.3, -0.25) is 29.7 Å². The average Bonchev–Trinajstić information content (AvgIpc) is 2.84. The Morgan fingerprint density at radius 2 is 1.23 bits per heavy atom. The summed E-state index contributed by atoms with van der Waals surface area (Å²) in [6.45, 7) is 7.05. The van der Waals surface area contributed by atoms with Crippen molar-refractivity contribution in [2.45, 2.75) is 35.1 Å². The van der Waals surface area contributed by atoms with E-state index < -0.39 is 16.4 Å². The molecule has 10 nitrogen and oxygen atoms in total. The molecule has 4 aromatic heterocycles. The Labute approximate surface area is 235 Å². The Kier molecular flexibility index (Phi) is 10.3. The molecule has 0 aliphatic heterocycles. The molecule has 4 rings (SSSR count). The minimum atomic E-state index is -0.673. The molecule has 0 saturated heterocycles. The van der Waals surface area contributed by atoms with Gasteiger partial charge in [0, 0.05) is 53.4 Å². The van der Waals surface area contributed by atoms with E-state index in [2.05, 4.69) is 19.9 Å². The molecule has 0 bridgehead atoms. The highest BCUT2D eigenvalue weighted by Crippen LogP contribution is 2.25. The number of carbonyl (C=O) groups excluding carboxylic acids is 2. The van der Waals surface area contributed by atoms with Gasteiger partial charge in [0.25, 0.3) is 5.69 Å². The van der Waals surface area contributed by atoms with Crippen LogP contribution in [0.3, 0.4) is 0 Å². The molecule has 0 aromatic carbocycles. The average molecular weight is 569 g/mol. The molecule has 0 aliphatic rings. The van der Waals surface area contributed by atoms with Crippen LogP contribution in [0.25, 0.3) is 0 Å². The van der Waals surface area contributed by atoms with E-state index in [-0.39, 0.29) is 35.3 Å². The first kappa shape index (κ1) is 30.9. The van der Waals surface area contributed by atoms with E-state index in [1.165, 1.54) is 18.5 Å². The van der Waals surface area contributed by atoms with Gasteiger partial charge in [0.2, 0.25) is 11.6 Å². The number of nitro groups is 1. The molecule has 0 atom stereocenters. The number of pyridine rings is 4. The summed E-state index contributed by atoms with van der Waals surface area (Å²) in [6, 6.07) is 6.08. The number of ketones is 2. The minimum absolute atomic E-state index is 0. The molecule has 39 heavy (non-hydrogen) atoms. The lowest BCUT2D eigenvalue weighted by Gasteiger charge is -2.08. The predicted molar refractivity (Wildman–Crippen MR) is 151 cm³/mol. The van der Waals surface area contributed by atoms with Crippen LogP contribution in [0, 0.1) is 37.8 Å². The molecule has 0 radical (unpaired) electrons. The number of nitrogens with zero attached hydrogens (tertiary/aromatic N) is 5. The van der Waals surface area contributed by atoms with E-state index in [4.69, 9.17) is 28.9 Å². The van der Waals surface area contributed by atoms with Gasteiger partial charge < -0.3 is 5.73 Å². The Bertz CT molecular complexity index is 1540. The number of hydrogen-bond donors (Lipinski definition) is 1. The Morgan fingerprint density at radius 1 is 0.795 bits per heavy atom. The fraction of sp³-hybridized carbons (Fsp3) is 0.185.